The number of carbonyl (C=O) groups excluding carboxylic acids is 1. The topological polar surface area (TPSA) is 61.6 Å². The highest BCUT2D eigenvalue weighted by Gasteiger charge is 1.91. The molecular weight excluding hydrogens is 249 g/mol. The van der Waals surface area contributed by atoms with E-state index >= 15 is 0 Å². The number of rotatable bonds is 5. The molecule has 10 heavy (non-hydrogen) atoms. The third kappa shape index (κ3) is 7.96. The highest BCUT2D eigenvalue weighted by atomic mass is 127. The van der Waals surface area contributed by atoms with Gasteiger partial charge in [0.15, 0.2) is 0 Å². The zero-order chi connectivity index (χ0) is 7.82. The molecule has 0 aromatic rings. The smallest absolute Gasteiger partial charge is 0.404 e. The lowest BCUT2D eigenvalue weighted by Crippen LogP contribution is -2.16. The first-order chi connectivity index (χ1) is 4.77. The average Bonchev–Trinajstić information content (AvgIpc) is 1.87. The van der Waals surface area contributed by atoms with E-state index in [-0.39, 0.29) is 6.61 Å². The predicted molar refractivity (Wildman–Crippen MR) is 45.2 cm³/mol. The van der Waals surface area contributed by atoms with Gasteiger partial charge in [-0.3, -0.25) is 0 Å². The van der Waals surface area contributed by atoms with Crippen LogP contribution < -0.4 is 5.73 Å². The Bertz CT molecular complexity index is 98.9. The van der Waals surface area contributed by atoms with Gasteiger partial charge in [0.1, 0.15) is 6.61 Å². The number of hydrogen-bond donors (Lipinski definition) is 1. The number of ether oxygens (including phenoxy) is 2. The number of carbonyl (C=O) groups is 1. The summed E-state index contributed by atoms with van der Waals surface area (Å²) in [4.78, 5) is 9.97. The van der Waals surface area contributed by atoms with Crippen LogP contribution in [0.25, 0.3) is 0 Å². The monoisotopic (exact) mass is 259 g/mol. The Kier molecular flexibility index (Phi) is 7.04. The Morgan fingerprint density at radius 2 is 2.10 bits per heavy atom. The zero-order valence-electron chi connectivity index (χ0n) is 5.51. The van der Waals surface area contributed by atoms with E-state index in [1.54, 1.807) is 0 Å². The van der Waals surface area contributed by atoms with E-state index in [0.29, 0.717) is 13.2 Å². The minimum Gasteiger partial charge on any atom is -0.447 e. The summed E-state index contributed by atoms with van der Waals surface area (Å²) in [6.07, 6.45) is -0.752. The fourth-order valence-electron chi connectivity index (χ4n) is 0.358. The minimum atomic E-state index is -0.752. The van der Waals surface area contributed by atoms with Crippen molar-refractivity contribution in [1.82, 2.24) is 0 Å². The number of halogens is 1. The fraction of sp³-hybridized carbons (Fsp3) is 0.800. The number of nitrogens with two attached hydrogens (primary N) is 1. The molecule has 0 saturated carbocycles. The van der Waals surface area contributed by atoms with Crippen LogP contribution in [0.15, 0.2) is 0 Å². The third-order valence-corrected chi connectivity index (χ3v) is 1.13. The summed E-state index contributed by atoms with van der Waals surface area (Å²) in [6.45, 7) is 1.35. The molecule has 4 nitrogen and oxygen atoms in total. The molecule has 1 amide bonds. The molecule has 0 aromatic heterocycles. The van der Waals surface area contributed by atoms with Crippen LogP contribution in [0.2, 0.25) is 0 Å². The van der Waals surface area contributed by atoms with Crippen LogP contribution in [-0.4, -0.2) is 30.3 Å². The van der Waals surface area contributed by atoms with Crippen molar-refractivity contribution in [3.63, 3.8) is 0 Å². The maximum atomic E-state index is 9.97. The standard InChI is InChI=1S/C5H10INO3/c6-1-2-9-3-4-10-5(7)8/h1-4H2,(H2,7,8). The lowest BCUT2D eigenvalue weighted by molar-refractivity contribution is 0.0850. The van der Waals surface area contributed by atoms with Crippen molar-refractivity contribution in [3.05, 3.63) is 0 Å². The fourth-order valence-corrected chi connectivity index (χ4v) is 0.669. The summed E-state index contributed by atoms with van der Waals surface area (Å²) in [5.41, 5.74) is 4.69. The van der Waals surface area contributed by atoms with Gasteiger partial charge in [0.25, 0.3) is 0 Å². The van der Waals surface area contributed by atoms with Crippen LogP contribution in [0.1, 0.15) is 0 Å². The Balaban J connectivity index is 2.84. The van der Waals surface area contributed by atoms with Crippen molar-refractivity contribution in [2.24, 2.45) is 5.73 Å². The molecule has 0 aliphatic rings. The highest BCUT2D eigenvalue weighted by Crippen LogP contribution is 1.83. The second kappa shape index (κ2) is 7.07. The van der Waals surface area contributed by atoms with E-state index in [0.717, 1.165) is 4.43 Å². The maximum absolute atomic E-state index is 9.97. The maximum Gasteiger partial charge on any atom is 0.404 e. The Morgan fingerprint density at radius 1 is 1.40 bits per heavy atom. The summed E-state index contributed by atoms with van der Waals surface area (Å²) in [5.74, 6) is 0. The van der Waals surface area contributed by atoms with Gasteiger partial charge < -0.3 is 15.2 Å². The van der Waals surface area contributed by atoms with Crippen LogP contribution >= 0.6 is 22.6 Å². The van der Waals surface area contributed by atoms with Crippen LogP contribution in [0, 0.1) is 0 Å². The quantitative estimate of drug-likeness (QED) is 0.445. The van der Waals surface area contributed by atoms with E-state index in [4.69, 9.17) is 4.74 Å². The van der Waals surface area contributed by atoms with Crippen LogP contribution in [-0.2, 0) is 9.47 Å². The SMILES string of the molecule is NC(=O)OCCOCCI. The van der Waals surface area contributed by atoms with Crippen molar-refractivity contribution in [2.45, 2.75) is 0 Å². The van der Waals surface area contributed by atoms with Crippen molar-refractivity contribution >= 4 is 28.7 Å². The van der Waals surface area contributed by atoms with Crippen molar-refractivity contribution in [2.75, 3.05) is 24.2 Å². The Morgan fingerprint density at radius 3 is 2.60 bits per heavy atom. The summed E-state index contributed by atoms with van der Waals surface area (Å²) >= 11 is 2.20. The first-order valence-corrected chi connectivity index (χ1v) is 4.36. The summed E-state index contributed by atoms with van der Waals surface area (Å²) < 4.78 is 10.3. The Hall–Kier alpha value is -0.0400. The number of primary amides is 1. The highest BCUT2D eigenvalue weighted by molar-refractivity contribution is 14.1. The second-order valence-electron chi connectivity index (χ2n) is 1.47. The molecule has 0 radical (unpaired) electrons. The lowest BCUT2D eigenvalue weighted by Gasteiger charge is -2.00. The Labute approximate surface area is 73.2 Å². The molecule has 0 fully saturated rings. The van der Waals surface area contributed by atoms with E-state index in [9.17, 15) is 4.79 Å². The van der Waals surface area contributed by atoms with Gasteiger partial charge in [-0.1, -0.05) is 22.6 Å². The first-order valence-electron chi connectivity index (χ1n) is 2.83. The summed E-state index contributed by atoms with van der Waals surface area (Å²) in [7, 11) is 0. The van der Waals surface area contributed by atoms with E-state index in [2.05, 4.69) is 33.1 Å². The molecule has 0 saturated heterocycles. The predicted octanol–water partition coefficient (Wildman–Crippen LogP) is 0.533. The summed E-state index contributed by atoms with van der Waals surface area (Å²) in [6, 6.07) is 0. The third-order valence-electron chi connectivity index (χ3n) is 0.693. The molecule has 60 valence electrons. The van der Waals surface area contributed by atoms with Gasteiger partial charge in [-0.15, -0.1) is 0 Å². The minimum absolute atomic E-state index is 0.242. The second-order valence-corrected chi connectivity index (χ2v) is 2.55. The molecule has 0 aliphatic carbocycles. The summed E-state index contributed by atoms with van der Waals surface area (Å²) in [5, 5.41) is 0. The molecule has 0 atom stereocenters. The van der Waals surface area contributed by atoms with Gasteiger partial charge in [-0.2, -0.15) is 0 Å². The largest absolute Gasteiger partial charge is 0.447 e. The van der Waals surface area contributed by atoms with Gasteiger partial charge in [-0.25, -0.2) is 4.79 Å². The van der Waals surface area contributed by atoms with Gasteiger partial charge >= 0.3 is 6.09 Å². The lowest BCUT2D eigenvalue weighted by atomic mass is 10.7. The van der Waals surface area contributed by atoms with Gasteiger partial charge in [0.2, 0.25) is 0 Å². The number of hydrogen-bond acceptors (Lipinski definition) is 3. The van der Waals surface area contributed by atoms with Crippen LogP contribution in [0.3, 0.4) is 0 Å². The van der Waals surface area contributed by atoms with Crippen molar-refractivity contribution in [3.8, 4) is 0 Å². The van der Waals surface area contributed by atoms with E-state index < -0.39 is 6.09 Å². The van der Waals surface area contributed by atoms with Crippen LogP contribution in [0.5, 0.6) is 0 Å². The molecule has 0 spiro atoms. The van der Waals surface area contributed by atoms with Crippen molar-refractivity contribution in [1.29, 1.82) is 0 Å². The average molecular weight is 259 g/mol. The van der Waals surface area contributed by atoms with E-state index in [1.807, 2.05) is 0 Å². The molecule has 0 unspecified atom stereocenters. The molecule has 0 aromatic carbocycles. The zero-order valence-corrected chi connectivity index (χ0v) is 7.67. The van der Waals surface area contributed by atoms with Gasteiger partial charge in [-0.05, 0) is 0 Å². The molecule has 0 aliphatic heterocycles. The molecule has 5 heteroatoms. The van der Waals surface area contributed by atoms with Gasteiger partial charge in [0, 0.05) is 4.43 Å². The molecular formula is C5H10INO3. The molecule has 0 heterocycles. The number of alkyl halides is 1. The molecule has 0 rings (SSSR count). The first kappa shape index (κ1) is 9.96. The molecule has 0 bridgehead atoms. The normalized spacial score (nSPS) is 9.30. The van der Waals surface area contributed by atoms with E-state index in [1.165, 1.54) is 0 Å². The van der Waals surface area contributed by atoms with Crippen LogP contribution in [0.4, 0.5) is 4.79 Å². The van der Waals surface area contributed by atoms with Crippen molar-refractivity contribution < 1.29 is 14.3 Å². The molecule has 2 N–H and O–H groups in total. The number of amides is 1. The van der Waals surface area contributed by atoms with Gasteiger partial charge in [0.05, 0.1) is 13.2 Å².